The van der Waals surface area contributed by atoms with Crippen LogP contribution in [0.4, 0.5) is 0 Å². The van der Waals surface area contributed by atoms with Crippen molar-refractivity contribution in [3.05, 3.63) is 35.4 Å². The van der Waals surface area contributed by atoms with Crippen molar-refractivity contribution in [1.82, 2.24) is 15.5 Å². The van der Waals surface area contributed by atoms with E-state index in [1.807, 2.05) is 4.90 Å². The van der Waals surface area contributed by atoms with Gasteiger partial charge in [0.05, 0.1) is 0 Å². The first-order chi connectivity index (χ1) is 12.8. The molecule has 2 N–H and O–H groups in total. The number of halogens is 1. The molecular formula is C22H34ClN3O2. The van der Waals surface area contributed by atoms with Crippen LogP contribution in [0.25, 0.3) is 0 Å². The number of likely N-dealkylation sites (tertiary alicyclic amines) is 1. The van der Waals surface area contributed by atoms with E-state index < -0.39 is 0 Å². The molecule has 0 bridgehead atoms. The monoisotopic (exact) mass is 407 g/mol. The minimum atomic E-state index is -0.0912. The highest BCUT2D eigenvalue weighted by Crippen LogP contribution is 2.28. The highest BCUT2D eigenvalue weighted by Gasteiger charge is 2.26. The molecule has 1 aliphatic carbocycles. The van der Waals surface area contributed by atoms with E-state index in [4.69, 9.17) is 0 Å². The van der Waals surface area contributed by atoms with Crippen molar-refractivity contribution in [2.75, 3.05) is 26.2 Å². The van der Waals surface area contributed by atoms with Crippen LogP contribution in [0, 0.1) is 11.3 Å². The van der Waals surface area contributed by atoms with Crippen molar-refractivity contribution in [2.45, 2.75) is 52.5 Å². The molecule has 1 aromatic rings. The minimum Gasteiger partial charge on any atom is -0.352 e. The zero-order valence-corrected chi connectivity index (χ0v) is 18.1. The van der Waals surface area contributed by atoms with E-state index in [1.54, 1.807) is 24.3 Å². The average molecular weight is 408 g/mol. The van der Waals surface area contributed by atoms with Crippen LogP contribution in [0.1, 0.15) is 67.2 Å². The Hall–Kier alpha value is -1.59. The lowest BCUT2D eigenvalue weighted by Crippen LogP contribution is -2.45. The Kier molecular flexibility index (Phi) is 7.90. The summed E-state index contributed by atoms with van der Waals surface area (Å²) in [6.07, 6.45) is 4.78. The molecule has 2 fully saturated rings. The van der Waals surface area contributed by atoms with Gasteiger partial charge in [0.2, 0.25) is 0 Å². The summed E-state index contributed by atoms with van der Waals surface area (Å²) in [6, 6.07) is 7.57. The summed E-state index contributed by atoms with van der Waals surface area (Å²) in [5, 5.41) is 6.58. The Labute approximate surface area is 175 Å². The van der Waals surface area contributed by atoms with Crippen molar-refractivity contribution in [2.24, 2.45) is 11.3 Å². The molecule has 6 heteroatoms. The molecule has 5 nitrogen and oxygen atoms in total. The minimum absolute atomic E-state index is 0. The first kappa shape index (κ1) is 22.7. The Morgan fingerprint density at radius 1 is 1.00 bits per heavy atom. The predicted octanol–water partition coefficient (Wildman–Crippen LogP) is 3.49. The van der Waals surface area contributed by atoms with Gasteiger partial charge in [-0.15, -0.1) is 12.4 Å². The zero-order valence-electron chi connectivity index (χ0n) is 17.3. The maximum atomic E-state index is 12.7. The quantitative estimate of drug-likeness (QED) is 0.758. The standard InChI is InChI=1S/C22H33N3O2.ClH/c1-22(2,3)15-24-20(26)17-6-8-18(9-7-17)21(27)25-12-10-19(11-13-25)23-14-16-4-5-16;/h6-9,16,19,23H,4-5,10-15H2,1-3H3,(H,24,26);1H. The number of piperidine rings is 1. The molecule has 3 rings (SSSR count). The van der Waals surface area contributed by atoms with Crippen molar-refractivity contribution in [3.8, 4) is 0 Å². The molecule has 0 unspecified atom stereocenters. The molecule has 2 amide bonds. The van der Waals surface area contributed by atoms with Gasteiger partial charge in [-0.2, -0.15) is 0 Å². The Morgan fingerprint density at radius 2 is 1.57 bits per heavy atom. The molecule has 1 heterocycles. The summed E-state index contributed by atoms with van der Waals surface area (Å²) < 4.78 is 0. The summed E-state index contributed by atoms with van der Waals surface area (Å²) in [5.74, 6) is 0.868. The van der Waals surface area contributed by atoms with Crippen LogP contribution in [-0.4, -0.2) is 48.9 Å². The second-order valence-corrected chi connectivity index (χ2v) is 9.24. The smallest absolute Gasteiger partial charge is 0.253 e. The highest BCUT2D eigenvalue weighted by molar-refractivity contribution is 5.97. The number of rotatable bonds is 6. The Bertz CT molecular complexity index is 657. The molecule has 2 aliphatic rings. The van der Waals surface area contributed by atoms with Gasteiger partial charge < -0.3 is 15.5 Å². The van der Waals surface area contributed by atoms with Crippen LogP contribution >= 0.6 is 12.4 Å². The fourth-order valence-corrected chi connectivity index (χ4v) is 3.34. The number of carbonyl (C=O) groups is 2. The topological polar surface area (TPSA) is 61.4 Å². The largest absolute Gasteiger partial charge is 0.352 e. The molecule has 1 aliphatic heterocycles. The molecule has 1 aromatic carbocycles. The predicted molar refractivity (Wildman–Crippen MR) is 115 cm³/mol. The van der Waals surface area contributed by atoms with Crippen LogP contribution in [0.15, 0.2) is 24.3 Å². The molecule has 0 radical (unpaired) electrons. The van der Waals surface area contributed by atoms with Crippen molar-refractivity contribution in [3.63, 3.8) is 0 Å². The van der Waals surface area contributed by atoms with Crippen LogP contribution in [0.5, 0.6) is 0 Å². The van der Waals surface area contributed by atoms with Crippen LogP contribution in [0.2, 0.25) is 0 Å². The number of nitrogens with zero attached hydrogens (tertiary/aromatic N) is 1. The van der Waals surface area contributed by atoms with Gasteiger partial charge in [0.25, 0.3) is 11.8 Å². The lowest BCUT2D eigenvalue weighted by atomic mass is 9.97. The summed E-state index contributed by atoms with van der Waals surface area (Å²) >= 11 is 0. The van der Waals surface area contributed by atoms with E-state index in [0.717, 1.165) is 38.4 Å². The number of hydrogen-bond acceptors (Lipinski definition) is 3. The van der Waals surface area contributed by atoms with E-state index in [-0.39, 0.29) is 29.6 Å². The number of benzene rings is 1. The van der Waals surface area contributed by atoms with Gasteiger partial charge in [-0.05, 0) is 67.8 Å². The van der Waals surface area contributed by atoms with Crippen LogP contribution < -0.4 is 10.6 Å². The third-order valence-corrected chi connectivity index (χ3v) is 5.35. The van der Waals surface area contributed by atoms with Gasteiger partial charge in [-0.3, -0.25) is 9.59 Å². The molecule has 28 heavy (non-hydrogen) atoms. The van der Waals surface area contributed by atoms with Crippen LogP contribution in [0.3, 0.4) is 0 Å². The molecule has 156 valence electrons. The van der Waals surface area contributed by atoms with Gasteiger partial charge in [0.1, 0.15) is 0 Å². The number of hydrogen-bond donors (Lipinski definition) is 2. The molecular weight excluding hydrogens is 374 g/mol. The number of nitrogens with one attached hydrogen (secondary N) is 2. The summed E-state index contributed by atoms with van der Waals surface area (Å²) in [4.78, 5) is 26.9. The van der Waals surface area contributed by atoms with Crippen LogP contribution in [-0.2, 0) is 0 Å². The van der Waals surface area contributed by atoms with Gasteiger partial charge in [0, 0.05) is 36.8 Å². The third-order valence-electron chi connectivity index (χ3n) is 5.35. The van der Waals surface area contributed by atoms with Gasteiger partial charge in [-0.25, -0.2) is 0 Å². The average Bonchev–Trinajstić information content (AvgIpc) is 3.48. The Morgan fingerprint density at radius 3 is 2.11 bits per heavy atom. The number of amides is 2. The maximum absolute atomic E-state index is 12.7. The Balaban J connectivity index is 0.00000280. The van der Waals surface area contributed by atoms with E-state index in [1.165, 1.54) is 12.8 Å². The SMILES string of the molecule is CC(C)(C)CNC(=O)c1ccc(C(=O)N2CCC(NCC3CC3)CC2)cc1.Cl. The summed E-state index contributed by atoms with van der Waals surface area (Å²) in [6.45, 7) is 9.61. The molecule has 1 saturated heterocycles. The molecule has 0 atom stereocenters. The first-order valence-corrected chi connectivity index (χ1v) is 10.2. The van der Waals surface area contributed by atoms with E-state index in [9.17, 15) is 9.59 Å². The van der Waals surface area contributed by atoms with E-state index in [0.29, 0.717) is 23.7 Å². The van der Waals surface area contributed by atoms with E-state index >= 15 is 0 Å². The lowest BCUT2D eigenvalue weighted by Gasteiger charge is -2.32. The van der Waals surface area contributed by atoms with Gasteiger partial charge >= 0.3 is 0 Å². The van der Waals surface area contributed by atoms with Gasteiger partial charge in [0.15, 0.2) is 0 Å². The molecule has 0 spiro atoms. The fourth-order valence-electron chi connectivity index (χ4n) is 3.34. The second kappa shape index (κ2) is 9.75. The number of carbonyl (C=O) groups excluding carboxylic acids is 2. The van der Waals surface area contributed by atoms with Crippen molar-refractivity contribution in [1.29, 1.82) is 0 Å². The van der Waals surface area contributed by atoms with E-state index in [2.05, 4.69) is 31.4 Å². The molecule has 0 aromatic heterocycles. The van der Waals surface area contributed by atoms with Crippen molar-refractivity contribution < 1.29 is 9.59 Å². The van der Waals surface area contributed by atoms with Gasteiger partial charge in [-0.1, -0.05) is 20.8 Å². The molecule has 1 saturated carbocycles. The highest BCUT2D eigenvalue weighted by atomic mass is 35.5. The normalized spacial score (nSPS) is 17.8. The lowest BCUT2D eigenvalue weighted by molar-refractivity contribution is 0.0704. The summed E-state index contributed by atoms with van der Waals surface area (Å²) in [7, 11) is 0. The summed E-state index contributed by atoms with van der Waals surface area (Å²) in [5.41, 5.74) is 1.30. The maximum Gasteiger partial charge on any atom is 0.253 e. The zero-order chi connectivity index (χ0) is 19.4. The second-order valence-electron chi connectivity index (χ2n) is 9.24. The first-order valence-electron chi connectivity index (χ1n) is 10.2. The third kappa shape index (κ3) is 6.78. The van der Waals surface area contributed by atoms with Crippen molar-refractivity contribution >= 4 is 24.2 Å². The fraction of sp³-hybridized carbons (Fsp3) is 0.636.